The van der Waals surface area contributed by atoms with Crippen molar-refractivity contribution in [1.82, 2.24) is 26.2 Å². The number of amides is 5. The van der Waals surface area contributed by atoms with Gasteiger partial charge in [0, 0.05) is 25.0 Å². The first-order valence-corrected chi connectivity index (χ1v) is 20.1. The molecule has 12 heteroatoms. The van der Waals surface area contributed by atoms with Crippen LogP contribution in [0.2, 0.25) is 0 Å². The minimum absolute atomic E-state index is 0.0120. The first kappa shape index (κ1) is 41.9. The number of likely N-dealkylation sites (tertiary alicyclic amines) is 1. The molecular formula is C41H64N6O6. The number of aliphatic imine (C=N–C) groups is 1. The van der Waals surface area contributed by atoms with E-state index in [1.54, 1.807) is 11.1 Å². The number of allylic oxidation sites excluding steroid dienone is 1. The highest BCUT2D eigenvalue weighted by molar-refractivity contribution is 6.38. The summed E-state index contributed by atoms with van der Waals surface area (Å²) < 4.78 is 0. The number of carbonyl (C=O) groups is 6. The van der Waals surface area contributed by atoms with Gasteiger partial charge in [-0.25, -0.2) is 0 Å². The summed E-state index contributed by atoms with van der Waals surface area (Å²) in [5.74, 6) is -3.05. The van der Waals surface area contributed by atoms with Crippen molar-refractivity contribution in [2.24, 2.45) is 28.2 Å². The smallest absolute Gasteiger partial charge is 0.289 e. The van der Waals surface area contributed by atoms with Crippen molar-refractivity contribution in [2.75, 3.05) is 6.54 Å². The summed E-state index contributed by atoms with van der Waals surface area (Å²) in [6.07, 6.45) is 15.5. The molecule has 4 fully saturated rings. The maximum absolute atomic E-state index is 14.7. The van der Waals surface area contributed by atoms with Crippen molar-refractivity contribution in [3.8, 4) is 0 Å². The molecule has 4 N–H and O–H groups in total. The zero-order valence-electron chi connectivity index (χ0n) is 33.1. The zero-order chi connectivity index (χ0) is 38.9. The number of fused-ring (bicyclic) bond motifs is 1. The van der Waals surface area contributed by atoms with Gasteiger partial charge in [0.25, 0.3) is 11.8 Å². The number of nitrogens with zero attached hydrogens (tertiary/aromatic N) is 2. The van der Waals surface area contributed by atoms with Crippen LogP contribution in [0.15, 0.2) is 28.4 Å². The molecule has 0 aromatic carbocycles. The molecule has 53 heavy (non-hydrogen) atoms. The van der Waals surface area contributed by atoms with Crippen LogP contribution in [0.4, 0.5) is 0 Å². The molecule has 6 atom stereocenters. The van der Waals surface area contributed by atoms with Gasteiger partial charge in [-0.3, -0.25) is 33.8 Å². The highest BCUT2D eigenvalue weighted by Crippen LogP contribution is 2.43. The summed E-state index contributed by atoms with van der Waals surface area (Å²) in [6, 6.07) is -3.67. The fraction of sp³-hybridized carbons (Fsp3) is 0.732. The van der Waals surface area contributed by atoms with Gasteiger partial charge in [0.2, 0.25) is 23.5 Å². The van der Waals surface area contributed by atoms with E-state index in [0.29, 0.717) is 31.4 Å². The van der Waals surface area contributed by atoms with Crippen LogP contribution in [-0.2, 0) is 28.8 Å². The third-order valence-corrected chi connectivity index (χ3v) is 11.5. The second-order valence-corrected chi connectivity index (χ2v) is 16.7. The van der Waals surface area contributed by atoms with Gasteiger partial charge in [0.15, 0.2) is 0 Å². The van der Waals surface area contributed by atoms with E-state index in [1.807, 2.05) is 54.5 Å². The highest BCUT2D eigenvalue weighted by Gasteiger charge is 2.52. The van der Waals surface area contributed by atoms with Gasteiger partial charge in [-0.1, -0.05) is 72.8 Å². The van der Waals surface area contributed by atoms with Crippen LogP contribution in [0.5, 0.6) is 0 Å². The summed E-state index contributed by atoms with van der Waals surface area (Å²) in [7, 11) is 0. The largest absolute Gasteiger partial charge is 0.347 e. The van der Waals surface area contributed by atoms with Crippen molar-refractivity contribution < 1.29 is 28.8 Å². The highest BCUT2D eigenvalue weighted by atomic mass is 16.2. The number of hydrogen-bond acceptors (Lipinski definition) is 7. The molecule has 4 aliphatic rings. The molecule has 294 valence electrons. The lowest BCUT2D eigenvalue weighted by Gasteiger charge is -2.38. The van der Waals surface area contributed by atoms with Crippen LogP contribution in [0, 0.1) is 23.2 Å². The summed E-state index contributed by atoms with van der Waals surface area (Å²) in [4.78, 5) is 88.9. The van der Waals surface area contributed by atoms with Crippen molar-refractivity contribution in [1.29, 1.82) is 0 Å². The van der Waals surface area contributed by atoms with Gasteiger partial charge in [-0.2, -0.15) is 0 Å². The van der Waals surface area contributed by atoms with Crippen molar-refractivity contribution >= 4 is 41.5 Å². The molecule has 3 saturated carbocycles. The predicted octanol–water partition coefficient (Wildman–Crippen LogP) is 4.67. The molecule has 0 bridgehead atoms. The number of carbonyl (C=O) groups excluding carboxylic acids is 6. The standard InChI is InChI=1S/C41H64N6O6/c1-8-15-31(34(48)39(52)43-28-20-21-28)44-38(51)33-29-19-14-18-27(29)24-47(33)40(53)35(41(5,6)7)46-37(50)32(26-16-12-11-13-17-26)45-36(49)30(25(4)10-3)23-42-22-9-2/h10,22-23,26-29,31-33,35H,8-9,11-21,24H2,1-7H3,(H,43,52)(H,44,51)(H,45,49)(H,46,50)/b25-10?,30-23+,42-22?. The van der Waals surface area contributed by atoms with E-state index < -0.39 is 59.0 Å². The Balaban J connectivity index is 1.59. The number of nitrogens with one attached hydrogen (secondary N) is 4. The summed E-state index contributed by atoms with van der Waals surface area (Å²) >= 11 is 0. The monoisotopic (exact) mass is 736 g/mol. The van der Waals surface area contributed by atoms with Crippen LogP contribution in [0.1, 0.15) is 132 Å². The van der Waals surface area contributed by atoms with Crippen molar-refractivity contribution in [3.63, 3.8) is 0 Å². The van der Waals surface area contributed by atoms with Crippen LogP contribution in [0.3, 0.4) is 0 Å². The third-order valence-electron chi connectivity index (χ3n) is 11.5. The fourth-order valence-corrected chi connectivity index (χ4v) is 8.18. The molecule has 0 aromatic heterocycles. The van der Waals surface area contributed by atoms with E-state index in [2.05, 4.69) is 26.3 Å². The lowest BCUT2D eigenvalue weighted by molar-refractivity contribution is -0.146. The quantitative estimate of drug-likeness (QED) is 0.0778. The maximum atomic E-state index is 14.7. The maximum Gasteiger partial charge on any atom is 0.289 e. The van der Waals surface area contributed by atoms with Gasteiger partial charge in [-0.15, -0.1) is 0 Å². The molecule has 1 heterocycles. The fourth-order valence-electron chi connectivity index (χ4n) is 8.18. The normalized spacial score (nSPS) is 24.3. The van der Waals surface area contributed by atoms with E-state index in [4.69, 9.17) is 0 Å². The molecule has 1 saturated heterocycles. The number of hydrogen-bond donors (Lipinski definition) is 4. The van der Waals surface area contributed by atoms with Gasteiger partial charge in [0.1, 0.15) is 18.1 Å². The third kappa shape index (κ3) is 10.9. The summed E-state index contributed by atoms with van der Waals surface area (Å²) in [6.45, 7) is 13.5. The molecular weight excluding hydrogens is 672 g/mol. The SMILES string of the molecule is CC=C(C)/C(=C\N=CCC)C(=O)NC(C(=O)NC(C(=O)N1CC2CCCC2C1C(=O)NC(CCC)C(=O)C(=O)NC1CC1)C(C)(C)C)C1CCCCC1. The van der Waals surface area contributed by atoms with E-state index in [9.17, 15) is 28.8 Å². The molecule has 0 radical (unpaired) electrons. The Labute approximate surface area is 316 Å². The minimum Gasteiger partial charge on any atom is -0.347 e. The Hall–Kier alpha value is -3.83. The number of Topliss-reactive ketones (excluding diaryl/α,β-unsaturated/α-hetero) is 1. The second kappa shape index (κ2) is 19.0. The summed E-state index contributed by atoms with van der Waals surface area (Å²) in [5, 5.41) is 11.7. The summed E-state index contributed by atoms with van der Waals surface area (Å²) in [5.41, 5.74) is 0.364. The van der Waals surface area contributed by atoms with Crippen molar-refractivity contribution in [3.05, 3.63) is 23.4 Å². The first-order chi connectivity index (χ1) is 25.2. The number of ketones is 1. The van der Waals surface area contributed by atoms with Gasteiger partial charge in [0.05, 0.1) is 11.6 Å². The van der Waals surface area contributed by atoms with Gasteiger partial charge in [-0.05, 0) is 94.0 Å². The molecule has 6 unspecified atom stereocenters. The molecule has 3 aliphatic carbocycles. The lowest BCUT2D eigenvalue weighted by atomic mass is 9.82. The van der Waals surface area contributed by atoms with Crippen LogP contribution in [0.25, 0.3) is 0 Å². The van der Waals surface area contributed by atoms with E-state index in [0.717, 1.165) is 69.8 Å². The van der Waals surface area contributed by atoms with E-state index in [1.165, 1.54) is 6.20 Å². The molecule has 0 aromatic rings. The van der Waals surface area contributed by atoms with Crippen molar-refractivity contribution in [2.45, 2.75) is 162 Å². The van der Waals surface area contributed by atoms with E-state index >= 15 is 0 Å². The first-order valence-electron chi connectivity index (χ1n) is 20.1. The molecule has 5 amide bonds. The van der Waals surface area contributed by atoms with Gasteiger partial charge < -0.3 is 26.2 Å². The van der Waals surface area contributed by atoms with Crippen LogP contribution in [-0.4, -0.2) is 83.2 Å². The topological polar surface area (TPSA) is 166 Å². The number of rotatable bonds is 16. The lowest BCUT2D eigenvalue weighted by Crippen LogP contribution is -2.62. The second-order valence-electron chi connectivity index (χ2n) is 16.7. The Bertz CT molecular complexity index is 1450. The average Bonchev–Trinajstić information content (AvgIpc) is 3.70. The molecule has 12 nitrogen and oxygen atoms in total. The van der Waals surface area contributed by atoms with Gasteiger partial charge >= 0.3 is 0 Å². The zero-order valence-corrected chi connectivity index (χ0v) is 33.1. The molecule has 1 aliphatic heterocycles. The van der Waals surface area contributed by atoms with E-state index in [-0.39, 0.29) is 29.7 Å². The molecule has 0 spiro atoms. The minimum atomic E-state index is -0.994. The van der Waals surface area contributed by atoms with Crippen LogP contribution >= 0.6 is 0 Å². The Morgan fingerprint density at radius 3 is 2.17 bits per heavy atom. The van der Waals surface area contributed by atoms with Crippen LogP contribution < -0.4 is 21.3 Å². The Morgan fingerprint density at radius 2 is 1.57 bits per heavy atom. The average molecular weight is 737 g/mol. The molecule has 4 rings (SSSR count). The Kier molecular flexibility index (Phi) is 15.0. The predicted molar refractivity (Wildman–Crippen MR) is 206 cm³/mol. The Morgan fingerprint density at radius 1 is 0.868 bits per heavy atom.